The monoisotopic (exact) mass is 488 g/mol. The lowest BCUT2D eigenvalue weighted by Gasteiger charge is -2.27. The maximum atomic E-state index is 7.04. The van der Waals surface area contributed by atoms with Gasteiger partial charge in [0.1, 0.15) is 18.5 Å². The lowest BCUT2D eigenvalue weighted by atomic mass is 9.83. The average molecular weight is 489 g/mol. The van der Waals surface area contributed by atoms with Gasteiger partial charge in [0.05, 0.1) is 10.9 Å². The van der Waals surface area contributed by atoms with E-state index in [9.17, 15) is 0 Å². The summed E-state index contributed by atoms with van der Waals surface area (Å²) in [6.07, 6.45) is 4.25. The highest BCUT2D eigenvalue weighted by Crippen LogP contribution is 2.52. The van der Waals surface area contributed by atoms with Gasteiger partial charge in [-0.15, -0.1) is 0 Å². The van der Waals surface area contributed by atoms with Crippen LogP contribution < -0.4 is 9.30 Å². The van der Waals surface area contributed by atoms with Crippen molar-refractivity contribution < 1.29 is 9.30 Å². The van der Waals surface area contributed by atoms with Gasteiger partial charge in [-0.1, -0.05) is 76.6 Å². The molecule has 5 aromatic rings. The molecule has 0 saturated heterocycles. The van der Waals surface area contributed by atoms with Crippen LogP contribution in [0.5, 0.6) is 11.5 Å². The van der Waals surface area contributed by atoms with Crippen LogP contribution in [0.4, 0.5) is 0 Å². The highest BCUT2D eigenvalue weighted by Gasteiger charge is 2.33. The smallest absolute Gasteiger partial charge is 0.228 e. The number of hydrogen-bond acceptors (Lipinski definition) is 1. The SMILES string of the molecule is Cc1ccc2c(CC(C)C)c3c(c(C)c2c1)-c1c2c(cc4c(CC(C)(C)C)cccc4c2cc[n+]1C)O3. The molecule has 0 bridgehead atoms. The molecule has 1 aliphatic rings. The molecule has 37 heavy (non-hydrogen) atoms. The van der Waals surface area contributed by atoms with Crippen LogP contribution in [-0.4, -0.2) is 0 Å². The highest BCUT2D eigenvalue weighted by atomic mass is 16.5. The van der Waals surface area contributed by atoms with Gasteiger partial charge in [0.2, 0.25) is 5.69 Å². The molecule has 2 heteroatoms. The summed E-state index contributed by atoms with van der Waals surface area (Å²) in [5.41, 5.74) is 8.04. The van der Waals surface area contributed by atoms with E-state index in [-0.39, 0.29) is 5.41 Å². The summed E-state index contributed by atoms with van der Waals surface area (Å²) in [7, 11) is 2.18. The van der Waals surface area contributed by atoms with Crippen molar-refractivity contribution in [2.75, 3.05) is 0 Å². The second kappa shape index (κ2) is 8.31. The van der Waals surface area contributed by atoms with Crippen LogP contribution in [0.25, 0.3) is 43.6 Å². The number of ether oxygens (including phenoxy) is 1. The number of rotatable bonds is 3. The van der Waals surface area contributed by atoms with Crippen molar-refractivity contribution >= 4 is 32.3 Å². The van der Waals surface area contributed by atoms with Gasteiger partial charge in [-0.2, -0.15) is 0 Å². The van der Waals surface area contributed by atoms with Crippen LogP contribution in [0.3, 0.4) is 0 Å². The normalized spacial score (nSPS) is 13.0. The summed E-state index contributed by atoms with van der Waals surface area (Å²) in [6, 6.07) is 18.3. The summed E-state index contributed by atoms with van der Waals surface area (Å²) in [5.74, 6) is 2.56. The summed E-state index contributed by atoms with van der Waals surface area (Å²) < 4.78 is 9.33. The number of pyridine rings is 1. The zero-order chi connectivity index (χ0) is 26.2. The number of aryl methyl sites for hydroxylation is 3. The molecule has 0 N–H and O–H groups in total. The standard InChI is InChI=1S/C35H38NO/c1-20(2)16-29-25-13-12-21(3)17-27(25)22(4)31-33-32-26(14-15-36(33)8)24-11-9-10-23(19-35(5,6)7)28(24)18-30(32)37-34(29)31/h9-15,17-18,20H,16,19H2,1-8H3/q+1. The van der Waals surface area contributed by atoms with Gasteiger partial charge >= 0.3 is 0 Å². The Labute approximate surface area is 220 Å². The average Bonchev–Trinajstić information content (AvgIpc) is 2.82. The Balaban J connectivity index is 1.76. The molecule has 0 unspecified atom stereocenters. The molecule has 2 nitrogen and oxygen atoms in total. The summed E-state index contributed by atoms with van der Waals surface area (Å²) >= 11 is 0. The van der Waals surface area contributed by atoms with Crippen LogP contribution in [0.2, 0.25) is 0 Å². The molecule has 0 saturated carbocycles. The first-order valence-corrected chi connectivity index (χ1v) is 13.6. The molecule has 188 valence electrons. The van der Waals surface area contributed by atoms with Gasteiger partial charge in [-0.25, -0.2) is 4.57 Å². The van der Waals surface area contributed by atoms with Crippen LogP contribution in [0.15, 0.2) is 54.7 Å². The minimum atomic E-state index is 0.209. The third kappa shape index (κ3) is 3.81. The fourth-order valence-electron chi connectivity index (χ4n) is 6.38. The van der Waals surface area contributed by atoms with Crippen LogP contribution >= 0.6 is 0 Å². The zero-order valence-electron chi connectivity index (χ0n) is 23.5. The highest BCUT2D eigenvalue weighted by molar-refractivity contribution is 6.16. The van der Waals surface area contributed by atoms with Crippen molar-refractivity contribution in [2.24, 2.45) is 18.4 Å². The first kappa shape index (κ1) is 24.0. The Morgan fingerprint density at radius 1 is 0.865 bits per heavy atom. The first-order chi connectivity index (χ1) is 17.5. The number of nitrogens with zero attached hydrogens (tertiary/aromatic N) is 1. The lowest BCUT2D eigenvalue weighted by Crippen LogP contribution is -2.32. The Hall–Kier alpha value is -3.39. The molecule has 4 aromatic carbocycles. The number of fused-ring (bicyclic) bond motifs is 5. The van der Waals surface area contributed by atoms with Crippen molar-refractivity contribution in [3.63, 3.8) is 0 Å². The quantitative estimate of drug-likeness (QED) is 0.179. The second-order valence-corrected chi connectivity index (χ2v) is 12.7. The lowest BCUT2D eigenvalue weighted by molar-refractivity contribution is -0.659. The molecule has 0 atom stereocenters. The molecular weight excluding hydrogens is 450 g/mol. The van der Waals surface area contributed by atoms with Crippen molar-refractivity contribution in [2.45, 2.75) is 61.3 Å². The van der Waals surface area contributed by atoms with E-state index < -0.39 is 0 Å². The van der Waals surface area contributed by atoms with E-state index in [1.165, 1.54) is 65.8 Å². The second-order valence-electron chi connectivity index (χ2n) is 12.7. The minimum absolute atomic E-state index is 0.209. The van der Waals surface area contributed by atoms with Gasteiger partial charge in [0.15, 0.2) is 6.20 Å². The summed E-state index contributed by atoms with van der Waals surface area (Å²) in [6.45, 7) is 16.0. The van der Waals surface area contributed by atoms with Gasteiger partial charge in [-0.05, 0) is 76.8 Å². The third-order valence-corrected chi connectivity index (χ3v) is 7.89. The van der Waals surface area contributed by atoms with E-state index in [4.69, 9.17) is 4.74 Å². The Kier molecular flexibility index (Phi) is 5.39. The largest absolute Gasteiger partial charge is 0.455 e. The summed E-state index contributed by atoms with van der Waals surface area (Å²) in [5, 5.41) is 7.78. The third-order valence-electron chi connectivity index (χ3n) is 7.89. The van der Waals surface area contributed by atoms with Gasteiger partial charge in [-0.3, -0.25) is 0 Å². The Morgan fingerprint density at radius 2 is 1.65 bits per heavy atom. The fourth-order valence-corrected chi connectivity index (χ4v) is 6.38. The van der Waals surface area contributed by atoms with Crippen molar-refractivity contribution in [3.05, 3.63) is 77.0 Å². The molecule has 1 aromatic heterocycles. The van der Waals surface area contributed by atoms with E-state index in [2.05, 4.69) is 115 Å². The molecule has 1 aliphatic heterocycles. The molecule has 6 rings (SSSR count). The molecular formula is C35H38NO+. The van der Waals surface area contributed by atoms with Crippen LogP contribution in [0.1, 0.15) is 56.9 Å². The molecule has 0 radical (unpaired) electrons. The van der Waals surface area contributed by atoms with Crippen molar-refractivity contribution in [1.29, 1.82) is 0 Å². The van der Waals surface area contributed by atoms with Crippen molar-refractivity contribution in [3.8, 4) is 22.8 Å². The van der Waals surface area contributed by atoms with E-state index >= 15 is 0 Å². The molecule has 0 spiro atoms. The summed E-state index contributed by atoms with van der Waals surface area (Å²) in [4.78, 5) is 0. The van der Waals surface area contributed by atoms with Crippen LogP contribution in [0, 0.1) is 25.2 Å². The predicted octanol–water partition coefficient (Wildman–Crippen LogP) is 9.15. The maximum absolute atomic E-state index is 7.04. The van der Waals surface area contributed by atoms with E-state index in [0.29, 0.717) is 5.92 Å². The zero-order valence-corrected chi connectivity index (χ0v) is 23.5. The van der Waals surface area contributed by atoms with Gasteiger partial charge < -0.3 is 4.74 Å². The molecule has 0 amide bonds. The molecule has 0 fully saturated rings. The number of benzene rings is 4. The van der Waals surface area contributed by atoms with E-state index in [1.54, 1.807) is 0 Å². The topological polar surface area (TPSA) is 13.1 Å². The van der Waals surface area contributed by atoms with Crippen LogP contribution in [-0.2, 0) is 19.9 Å². The molecule has 2 heterocycles. The Morgan fingerprint density at radius 3 is 2.38 bits per heavy atom. The van der Waals surface area contributed by atoms with Gasteiger partial charge in [0.25, 0.3) is 0 Å². The molecule has 0 aliphatic carbocycles. The fraction of sp³-hybridized carbons (Fsp3) is 0.343. The Bertz CT molecular complexity index is 1730. The van der Waals surface area contributed by atoms with E-state index in [1.807, 2.05) is 0 Å². The van der Waals surface area contributed by atoms with E-state index in [0.717, 1.165) is 24.3 Å². The number of aromatic nitrogens is 1. The minimum Gasteiger partial charge on any atom is -0.455 e. The maximum Gasteiger partial charge on any atom is 0.228 e. The predicted molar refractivity (Wildman–Crippen MR) is 157 cm³/mol. The van der Waals surface area contributed by atoms with Crippen molar-refractivity contribution in [1.82, 2.24) is 0 Å². The number of hydrogen-bond donors (Lipinski definition) is 0. The first-order valence-electron chi connectivity index (χ1n) is 13.6. The van der Waals surface area contributed by atoms with Gasteiger partial charge in [0, 0.05) is 17.0 Å².